The Kier molecular flexibility index (Phi) is 10.5. The van der Waals surface area contributed by atoms with Gasteiger partial charge in [-0.3, -0.25) is 9.59 Å². The van der Waals surface area contributed by atoms with Crippen molar-refractivity contribution in [2.45, 2.75) is 167 Å². The zero-order chi connectivity index (χ0) is 40.3. The molecule has 0 aromatic rings. The molecule has 4 saturated carbocycles. The van der Waals surface area contributed by atoms with Gasteiger partial charge in [0, 0.05) is 0 Å². The van der Waals surface area contributed by atoms with E-state index in [-0.39, 0.29) is 46.2 Å². The zero-order valence-corrected chi connectivity index (χ0v) is 33.1. The van der Waals surface area contributed by atoms with E-state index in [1.54, 1.807) is 6.92 Å². The van der Waals surface area contributed by atoms with Crippen molar-refractivity contribution in [2.24, 2.45) is 50.2 Å². The Morgan fingerprint density at radius 2 is 1.47 bits per heavy atom. The number of carbonyl (C=O) groups is 2. The highest BCUT2D eigenvalue weighted by molar-refractivity contribution is 5.79. The molecule has 5 aliphatic carbocycles. The molecule has 14 nitrogen and oxygen atoms in total. The first-order valence-corrected chi connectivity index (χ1v) is 20.4. The van der Waals surface area contributed by atoms with Crippen LogP contribution in [0.3, 0.4) is 0 Å². The Morgan fingerprint density at radius 3 is 2.13 bits per heavy atom. The van der Waals surface area contributed by atoms with Crippen LogP contribution in [0.15, 0.2) is 11.6 Å². The highest BCUT2D eigenvalue weighted by Crippen LogP contribution is 2.76. The summed E-state index contributed by atoms with van der Waals surface area (Å²) in [6, 6.07) is 0. The Balaban J connectivity index is 1.10. The number of aliphatic hydroxyl groups is 6. The minimum Gasteiger partial charge on any atom is -0.481 e. The molecule has 8 N–H and O–H groups in total. The van der Waals surface area contributed by atoms with E-state index in [9.17, 15) is 50.4 Å². The van der Waals surface area contributed by atoms with Gasteiger partial charge in [-0.2, -0.15) is 0 Å². The molecular formula is C41H64O14. The van der Waals surface area contributed by atoms with Crippen LogP contribution in [0.5, 0.6) is 0 Å². The fourth-order valence-electron chi connectivity index (χ4n) is 13.4. The van der Waals surface area contributed by atoms with Crippen molar-refractivity contribution in [3.05, 3.63) is 11.6 Å². The van der Waals surface area contributed by atoms with Gasteiger partial charge in [0.1, 0.15) is 42.7 Å². The van der Waals surface area contributed by atoms with Gasteiger partial charge >= 0.3 is 11.9 Å². The third-order valence-corrected chi connectivity index (χ3v) is 17.2. The average Bonchev–Trinajstić information content (AvgIpc) is 3.12. The lowest BCUT2D eigenvalue weighted by molar-refractivity contribution is -0.357. The van der Waals surface area contributed by atoms with Crippen LogP contribution in [-0.4, -0.2) is 127 Å². The van der Waals surface area contributed by atoms with Crippen LogP contribution >= 0.6 is 0 Å². The highest BCUT2D eigenvalue weighted by Gasteiger charge is 2.70. The fourth-order valence-corrected chi connectivity index (χ4v) is 13.4. The predicted octanol–water partition coefficient (Wildman–Crippen LogP) is 2.59. The van der Waals surface area contributed by atoms with Crippen molar-refractivity contribution < 1.29 is 69.4 Å². The van der Waals surface area contributed by atoms with E-state index < -0.39 is 84.7 Å². The first kappa shape index (κ1) is 41.4. The number of allylic oxidation sites excluding steroid dienone is 2. The van der Waals surface area contributed by atoms with E-state index in [1.165, 1.54) is 0 Å². The van der Waals surface area contributed by atoms with Gasteiger partial charge in [0.15, 0.2) is 12.6 Å². The van der Waals surface area contributed by atoms with Gasteiger partial charge in [-0.1, -0.05) is 46.3 Å². The number of hydrogen-bond acceptors (Lipinski definition) is 12. The maximum atomic E-state index is 13.0. The summed E-state index contributed by atoms with van der Waals surface area (Å²) >= 11 is 0. The molecule has 0 amide bonds. The smallest absolute Gasteiger partial charge is 0.310 e. The van der Waals surface area contributed by atoms with E-state index in [2.05, 4.69) is 40.7 Å². The van der Waals surface area contributed by atoms with Crippen LogP contribution in [0, 0.1) is 50.2 Å². The fraction of sp³-hybridized carbons (Fsp3) is 0.902. The van der Waals surface area contributed by atoms with Gasteiger partial charge in [-0.15, -0.1) is 0 Å². The molecule has 0 aromatic carbocycles. The highest BCUT2D eigenvalue weighted by atomic mass is 16.7. The summed E-state index contributed by atoms with van der Waals surface area (Å²) < 4.78 is 23.7. The maximum absolute atomic E-state index is 13.0. The molecule has 14 heteroatoms. The van der Waals surface area contributed by atoms with Gasteiger partial charge in [-0.05, 0) is 111 Å². The molecule has 18 atom stereocenters. The second-order valence-electron chi connectivity index (χ2n) is 19.9. The second kappa shape index (κ2) is 13.9. The van der Waals surface area contributed by atoms with Crippen molar-refractivity contribution in [1.82, 2.24) is 0 Å². The molecule has 0 bridgehead atoms. The van der Waals surface area contributed by atoms with E-state index >= 15 is 0 Å². The van der Waals surface area contributed by atoms with Crippen LogP contribution in [0.2, 0.25) is 0 Å². The van der Waals surface area contributed by atoms with Crippen LogP contribution in [0.1, 0.15) is 106 Å². The summed E-state index contributed by atoms with van der Waals surface area (Å²) in [5.74, 6) is -1.45. The number of ether oxygens (including phenoxy) is 4. The molecular weight excluding hydrogens is 716 g/mol. The molecule has 0 unspecified atom stereocenters. The summed E-state index contributed by atoms with van der Waals surface area (Å²) in [6.07, 6.45) is -4.56. The quantitative estimate of drug-likeness (QED) is 0.137. The molecule has 312 valence electrons. The Hall–Kier alpha value is -1.72. The zero-order valence-electron chi connectivity index (χ0n) is 33.1. The van der Waals surface area contributed by atoms with Crippen LogP contribution in [-0.2, 0) is 28.5 Å². The summed E-state index contributed by atoms with van der Waals surface area (Å²) in [5, 5.41) is 83.7. The van der Waals surface area contributed by atoms with Gasteiger partial charge in [0.25, 0.3) is 0 Å². The number of aliphatic hydroxyl groups excluding tert-OH is 6. The second-order valence-corrected chi connectivity index (χ2v) is 19.9. The van der Waals surface area contributed by atoms with Crippen LogP contribution in [0.25, 0.3) is 0 Å². The Bertz CT molecular complexity index is 1530. The molecule has 2 heterocycles. The van der Waals surface area contributed by atoms with Gasteiger partial charge in [0.05, 0.1) is 30.1 Å². The summed E-state index contributed by atoms with van der Waals surface area (Å²) in [4.78, 5) is 25.5. The van der Waals surface area contributed by atoms with E-state index in [4.69, 9.17) is 18.9 Å². The third-order valence-electron chi connectivity index (χ3n) is 17.2. The van der Waals surface area contributed by atoms with Crippen molar-refractivity contribution in [1.29, 1.82) is 0 Å². The first-order valence-electron chi connectivity index (χ1n) is 20.4. The van der Waals surface area contributed by atoms with Crippen molar-refractivity contribution in [3.63, 3.8) is 0 Å². The standard InChI is InChI=1S/C41H64O14/c1-36(2)24-9-12-40(6)25(8-7-20-21-17-37(3,34(48)49)13-15-41(21,35(50)51)16-14-39(20,40)5)38(24,4)11-10-26(36)54-32-30(47)31(22(43)19-52-32)55-33-29(46)28(45)27(44)23(18-42)53-33/h7,21-33,42-47H,8-19H2,1-6H3,(H,48,49)(H,50,51)/t21-,22+,23+,24-,25+,26-,27+,28-,29+,30+,31-,32-,33-,37+,38-,39+,40+,41-/m0/s1. The summed E-state index contributed by atoms with van der Waals surface area (Å²) in [6.45, 7) is 12.4. The molecule has 7 rings (SSSR count). The Morgan fingerprint density at radius 1 is 0.782 bits per heavy atom. The number of rotatable bonds is 7. The largest absolute Gasteiger partial charge is 0.481 e. The number of carboxylic acids is 2. The van der Waals surface area contributed by atoms with Gasteiger partial charge in [0.2, 0.25) is 0 Å². The van der Waals surface area contributed by atoms with E-state index in [1.807, 2.05) is 0 Å². The monoisotopic (exact) mass is 780 g/mol. The average molecular weight is 781 g/mol. The number of carboxylic acid groups (broad SMARTS) is 2. The molecule has 0 aromatic heterocycles. The summed E-state index contributed by atoms with van der Waals surface area (Å²) in [7, 11) is 0. The SMILES string of the molecule is CC1(C)[C@@H](O[C@@H]2OC[C@@H](O)[C@H](O[C@@H]3O[C@H](CO)[C@@H](O)[C@H](O)[C@H]3O)[C@H]2O)CC[C@]2(C)[C@H]3CC=C4[C@@H]5C[C@](C)(C(=O)O)CC[C@]5(C(=O)O)CC[C@@]4(C)[C@]3(C)CC[C@@H]12. The van der Waals surface area contributed by atoms with Crippen molar-refractivity contribution in [2.75, 3.05) is 13.2 Å². The normalized spacial score (nSPS) is 53.5. The minimum absolute atomic E-state index is 0.0954. The van der Waals surface area contributed by atoms with Gasteiger partial charge in [-0.25, -0.2) is 0 Å². The number of hydrogen-bond donors (Lipinski definition) is 8. The Labute approximate surface area is 323 Å². The van der Waals surface area contributed by atoms with Crippen LogP contribution in [0.4, 0.5) is 0 Å². The van der Waals surface area contributed by atoms with E-state index in [0.717, 1.165) is 37.7 Å². The maximum Gasteiger partial charge on any atom is 0.310 e. The lowest BCUT2D eigenvalue weighted by Gasteiger charge is -2.71. The summed E-state index contributed by atoms with van der Waals surface area (Å²) in [5.41, 5.74) is -1.63. The number of aliphatic carboxylic acids is 2. The lowest BCUT2D eigenvalue weighted by Crippen LogP contribution is -2.66. The first-order chi connectivity index (χ1) is 25.6. The van der Waals surface area contributed by atoms with Gasteiger partial charge < -0.3 is 59.8 Å². The predicted molar refractivity (Wildman–Crippen MR) is 194 cm³/mol. The third kappa shape index (κ3) is 6.01. The lowest BCUT2D eigenvalue weighted by atomic mass is 9.33. The topological polar surface area (TPSA) is 233 Å². The molecule has 55 heavy (non-hydrogen) atoms. The molecule has 6 fully saturated rings. The molecule has 7 aliphatic rings. The molecule has 0 spiro atoms. The van der Waals surface area contributed by atoms with Crippen molar-refractivity contribution >= 4 is 11.9 Å². The minimum atomic E-state index is -1.71. The van der Waals surface area contributed by atoms with E-state index in [0.29, 0.717) is 38.0 Å². The molecule has 2 saturated heterocycles. The molecule has 2 aliphatic heterocycles. The van der Waals surface area contributed by atoms with Crippen LogP contribution < -0.4 is 0 Å². The molecule has 0 radical (unpaired) electrons. The number of fused-ring (bicyclic) bond motifs is 7. The van der Waals surface area contributed by atoms with Crippen molar-refractivity contribution in [3.8, 4) is 0 Å².